The summed E-state index contributed by atoms with van der Waals surface area (Å²) in [5.74, 6) is -0.00885. The van der Waals surface area contributed by atoms with Gasteiger partial charge in [0.2, 0.25) is 0 Å². The van der Waals surface area contributed by atoms with Crippen LogP contribution in [0.5, 0.6) is 0 Å². The van der Waals surface area contributed by atoms with Gasteiger partial charge in [0.05, 0.1) is 5.56 Å². The van der Waals surface area contributed by atoms with Gasteiger partial charge in [0.1, 0.15) is 5.65 Å². The Morgan fingerprint density at radius 1 is 1.22 bits per heavy atom. The fourth-order valence-corrected chi connectivity index (χ4v) is 3.17. The number of nitrogens with zero attached hydrogens (tertiary/aromatic N) is 2. The van der Waals surface area contributed by atoms with Crippen molar-refractivity contribution >= 4 is 28.7 Å². The maximum atomic E-state index is 12.3. The quantitative estimate of drug-likeness (QED) is 0.556. The molecule has 2 aromatic heterocycles. The summed E-state index contributed by atoms with van der Waals surface area (Å²) in [6, 6.07) is 13.7. The van der Waals surface area contributed by atoms with Gasteiger partial charge in [-0.2, -0.15) is 0 Å². The summed E-state index contributed by atoms with van der Waals surface area (Å²) in [5, 5.41) is 4.14. The van der Waals surface area contributed by atoms with Crippen molar-refractivity contribution in [2.24, 2.45) is 0 Å². The summed E-state index contributed by atoms with van der Waals surface area (Å²) >= 11 is 1.59. The molecule has 3 aromatic rings. The number of aromatic nitrogens is 2. The highest BCUT2D eigenvalue weighted by molar-refractivity contribution is 7.98. The molecule has 0 saturated carbocycles. The van der Waals surface area contributed by atoms with Gasteiger partial charge in [-0.1, -0.05) is 12.1 Å². The first kappa shape index (κ1) is 15.6. The Labute approximate surface area is 139 Å². The number of rotatable bonds is 6. The highest BCUT2D eigenvalue weighted by atomic mass is 32.2. The topological polar surface area (TPSA) is 46.9 Å². The van der Waals surface area contributed by atoms with Gasteiger partial charge in [-0.05, 0) is 43.0 Å². The number of fused-ring (bicyclic) bond motifs is 1. The minimum atomic E-state index is -0.00885. The average molecular weight is 325 g/mol. The number of carbonyl (C=O) groups is 1. The third kappa shape index (κ3) is 3.56. The van der Waals surface area contributed by atoms with Crippen LogP contribution in [0.2, 0.25) is 0 Å². The lowest BCUT2D eigenvalue weighted by Gasteiger charge is -2.09. The summed E-state index contributed by atoms with van der Waals surface area (Å²) in [5.41, 5.74) is 1.74. The minimum absolute atomic E-state index is 0.00885. The molecule has 0 aliphatic rings. The molecule has 0 aliphatic heterocycles. The van der Waals surface area contributed by atoms with E-state index in [0.29, 0.717) is 6.54 Å². The number of carbonyl (C=O) groups excluding carboxylic acids is 1. The molecule has 0 saturated heterocycles. The van der Waals surface area contributed by atoms with Crippen LogP contribution in [0, 0.1) is 0 Å². The van der Waals surface area contributed by atoms with E-state index in [2.05, 4.69) is 27.0 Å². The van der Waals surface area contributed by atoms with E-state index in [9.17, 15) is 4.79 Å². The van der Waals surface area contributed by atoms with E-state index in [4.69, 9.17) is 0 Å². The average Bonchev–Trinajstić information content (AvgIpc) is 3.01. The van der Waals surface area contributed by atoms with Crippen molar-refractivity contribution in [2.45, 2.75) is 17.9 Å². The maximum Gasteiger partial charge on any atom is 0.252 e. The van der Waals surface area contributed by atoms with Crippen LogP contribution in [0.4, 0.5) is 0 Å². The van der Waals surface area contributed by atoms with Crippen LogP contribution in [-0.4, -0.2) is 28.3 Å². The molecule has 0 spiro atoms. The standard InChI is InChI=1S/C18H19N3OS/c1-23-16-8-3-2-7-15(16)18(22)20-11-5-12-21-13-9-14-6-4-10-19-17(14)21/h2-4,6-10,13H,5,11-12H2,1H3,(H,20,22). The molecule has 0 atom stereocenters. The highest BCUT2D eigenvalue weighted by Gasteiger charge is 2.09. The van der Waals surface area contributed by atoms with Gasteiger partial charge < -0.3 is 9.88 Å². The Balaban J connectivity index is 1.54. The van der Waals surface area contributed by atoms with Crippen LogP contribution in [-0.2, 0) is 6.54 Å². The summed E-state index contributed by atoms with van der Waals surface area (Å²) in [6.07, 6.45) is 6.70. The van der Waals surface area contributed by atoms with Crippen molar-refractivity contribution in [3.05, 3.63) is 60.4 Å². The lowest BCUT2D eigenvalue weighted by Crippen LogP contribution is -2.25. The van der Waals surface area contributed by atoms with Crippen LogP contribution >= 0.6 is 11.8 Å². The highest BCUT2D eigenvalue weighted by Crippen LogP contribution is 2.19. The van der Waals surface area contributed by atoms with E-state index < -0.39 is 0 Å². The molecule has 1 N–H and O–H groups in total. The zero-order valence-corrected chi connectivity index (χ0v) is 13.8. The second kappa shape index (κ2) is 7.33. The molecule has 4 nitrogen and oxygen atoms in total. The fourth-order valence-electron chi connectivity index (χ4n) is 2.58. The third-order valence-electron chi connectivity index (χ3n) is 3.74. The Hall–Kier alpha value is -2.27. The molecule has 1 amide bonds. The first-order valence-corrected chi connectivity index (χ1v) is 8.83. The number of aryl methyl sites for hydroxylation is 1. The van der Waals surface area contributed by atoms with Gasteiger partial charge >= 0.3 is 0 Å². The number of thioether (sulfide) groups is 1. The molecule has 0 fully saturated rings. The molecule has 2 heterocycles. The van der Waals surface area contributed by atoms with Crippen LogP contribution < -0.4 is 5.32 Å². The zero-order chi connectivity index (χ0) is 16.1. The van der Waals surface area contributed by atoms with Gasteiger partial charge in [-0.25, -0.2) is 4.98 Å². The number of nitrogens with one attached hydrogen (secondary N) is 1. The van der Waals surface area contributed by atoms with Crippen molar-refractivity contribution in [3.63, 3.8) is 0 Å². The van der Waals surface area contributed by atoms with Crippen molar-refractivity contribution < 1.29 is 4.79 Å². The Morgan fingerprint density at radius 2 is 2.09 bits per heavy atom. The van der Waals surface area contributed by atoms with Gasteiger partial charge in [-0.15, -0.1) is 11.8 Å². The van der Waals surface area contributed by atoms with Crippen molar-refractivity contribution in [1.29, 1.82) is 0 Å². The number of benzene rings is 1. The van der Waals surface area contributed by atoms with E-state index >= 15 is 0 Å². The van der Waals surface area contributed by atoms with Crippen LogP contribution in [0.1, 0.15) is 16.8 Å². The summed E-state index contributed by atoms with van der Waals surface area (Å²) in [7, 11) is 0. The van der Waals surface area contributed by atoms with Crippen LogP contribution in [0.25, 0.3) is 11.0 Å². The number of pyridine rings is 1. The predicted molar refractivity (Wildman–Crippen MR) is 94.9 cm³/mol. The second-order valence-corrected chi connectivity index (χ2v) is 6.08. The van der Waals surface area contributed by atoms with Crippen LogP contribution in [0.15, 0.2) is 59.8 Å². The van der Waals surface area contributed by atoms with Crippen LogP contribution in [0.3, 0.4) is 0 Å². The van der Waals surface area contributed by atoms with Gasteiger partial charge in [0, 0.05) is 35.8 Å². The van der Waals surface area contributed by atoms with Gasteiger partial charge in [-0.3, -0.25) is 4.79 Å². The minimum Gasteiger partial charge on any atom is -0.352 e. The second-order valence-electron chi connectivity index (χ2n) is 5.24. The zero-order valence-electron chi connectivity index (χ0n) is 13.0. The van der Waals surface area contributed by atoms with Crippen molar-refractivity contribution in [2.75, 3.05) is 12.8 Å². The normalized spacial score (nSPS) is 10.8. The van der Waals surface area contributed by atoms with E-state index in [1.165, 1.54) is 0 Å². The summed E-state index contributed by atoms with van der Waals surface area (Å²) in [4.78, 5) is 17.7. The van der Waals surface area contributed by atoms with E-state index in [0.717, 1.165) is 34.5 Å². The monoisotopic (exact) mass is 325 g/mol. The lowest BCUT2D eigenvalue weighted by atomic mass is 10.2. The molecule has 3 rings (SSSR count). The Kier molecular flexibility index (Phi) is 4.98. The number of hydrogen-bond donors (Lipinski definition) is 1. The molecular formula is C18H19N3OS. The smallest absolute Gasteiger partial charge is 0.252 e. The molecule has 0 bridgehead atoms. The van der Waals surface area contributed by atoms with Gasteiger partial charge in [0.25, 0.3) is 5.91 Å². The Bertz CT molecular complexity index is 813. The van der Waals surface area contributed by atoms with E-state index in [1.807, 2.05) is 42.8 Å². The van der Waals surface area contributed by atoms with E-state index in [-0.39, 0.29) is 5.91 Å². The molecule has 0 aliphatic carbocycles. The summed E-state index contributed by atoms with van der Waals surface area (Å²) < 4.78 is 2.12. The first-order chi connectivity index (χ1) is 11.3. The van der Waals surface area contributed by atoms with Gasteiger partial charge in [0.15, 0.2) is 0 Å². The molecule has 1 aromatic carbocycles. The molecule has 23 heavy (non-hydrogen) atoms. The molecular weight excluding hydrogens is 306 g/mol. The fraction of sp³-hybridized carbons (Fsp3) is 0.222. The SMILES string of the molecule is CSc1ccccc1C(=O)NCCCn1ccc2cccnc21. The molecule has 0 radical (unpaired) electrons. The lowest BCUT2D eigenvalue weighted by molar-refractivity contribution is 0.0950. The largest absolute Gasteiger partial charge is 0.352 e. The predicted octanol–water partition coefficient (Wildman–Crippen LogP) is 3.58. The van der Waals surface area contributed by atoms with E-state index in [1.54, 1.807) is 18.0 Å². The van der Waals surface area contributed by atoms with Crippen molar-refractivity contribution in [1.82, 2.24) is 14.9 Å². The Morgan fingerprint density at radius 3 is 2.96 bits per heavy atom. The summed E-state index contributed by atoms with van der Waals surface area (Å²) in [6.45, 7) is 1.49. The molecule has 0 unspecified atom stereocenters. The third-order valence-corrected chi connectivity index (χ3v) is 4.53. The van der Waals surface area contributed by atoms with Crippen molar-refractivity contribution in [3.8, 4) is 0 Å². The molecule has 5 heteroatoms. The molecule has 118 valence electrons. The number of hydrogen-bond acceptors (Lipinski definition) is 3. The first-order valence-electron chi connectivity index (χ1n) is 7.60. The maximum absolute atomic E-state index is 12.3. The number of amides is 1.